The van der Waals surface area contributed by atoms with Crippen molar-refractivity contribution in [3.05, 3.63) is 29.8 Å². The summed E-state index contributed by atoms with van der Waals surface area (Å²) in [6.45, 7) is 5.61. The molecule has 4 nitrogen and oxygen atoms in total. The molecule has 0 aliphatic heterocycles. The largest absolute Gasteiger partial charge is 0.481 e. The molecule has 1 aromatic carbocycles. The van der Waals surface area contributed by atoms with Crippen molar-refractivity contribution in [2.24, 2.45) is 5.41 Å². The Morgan fingerprint density at radius 1 is 1.35 bits per heavy atom. The molecule has 1 unspecified atom stereocenters. The minimum atomic E-state index is -0.900. The van der Waals surface area contributed by atoms with Crippen molar-refractivity contribution in [1.29, 1.82) is 0 Å². The number of amides is 1. The van der Waals surface area contributed by atoms with Gasteiger partial charge in [0, 0.05) is 11.4 Å². The van der Waals surface area contributed by atoms with E-state index in [0.29, 0.717) is 12.2 Å². The summed E-state index contributed by atoms with van der Waals surface area (Å²) in [5.41, 5.74) is 0.234. The smallest absolute Gasteiger partial charge is 0.311 e. The van der Waals surface area contributed by atoms with Crippen molar-refractivity contribution >= 4 is 23.6 Å². The Labute approximate surface area is 124 Å². The third kappa shape index (κ3) is 4.56. The number of carboxylic acids is 1. The van der Waals surface area contributed by atoms with Crippen molar-refractivity contribution in [2.75, 3.05) is 12.3 Å². The molecular formula is C15H21NO3S. The highest BCUT2D eigenvalue weighted by molar-refractivity contribution is 8.00. The number of aliphatic carboxylic acids is 1. The van der Waals surface area contributed by atoms with E-state index in [0.717, 1.165) is 10.5 Å². The molecule has 0 bridgehead atoms. The van der Waals surface area contributed by atoms with Gasteiger partial charge in [-0.05, 0) is 31.9 Å². The summed E-state index contributed by atoms with van der Waals surface area (Å²) < 4.78 is 0. The molecule has 0 spiro atoms. The van der Waals surface area contributed by atoms with Crippen LogP contribution < -0.4 is 5.32 Å². The number of hydrogen-bond donors (Lipinski definition) is 2. The van der Waals surface area contributed by atoms with Crippen molar-refractivity contribution in [3.8, 4) is 0 Å². The monoisotopic (exact) mass is 295 g/mol. The van der Waals surface area contributed by atoms with Gasteiger partial charge in [0.15, 0.2) is 0 Å². The Hall–Kier alpha value is -1.49. The number of carboxylic acid groups (broad SMARTS) is 1. The molecule has 0 radical (unpaired) electrons. The molecule has 1 rings (SSSR count). The van der Waals surface area contributed by atoms with Crippen LogP contribution in [0.5, 0.6) is 0 Å². The second-order valence-corrected chi connectivity index (χ2v) is 6.07. The number of nitrogens with one attached hydrogen (secondary N) is 1. The minimum Gasteiger partial charge on any atom is -0.481 e. The first-order valence-corrected chi connectivity index (χ1v) is 7.56. The summed E-state index contributed by atoms with van der Waals surface area (Å²) in [6, 6.07) is 7.87. The van der Waals surface area contributed by atoms with Crippen molar-refractivity contribution in [2.45, 2.75) is 32.1 Å². The number of benzene rings is 1. The molecule has 1 atom stereocenters. The topological polar surface area (TPSA) is 66.4 Å². The molecule has 0 heterocycles. The fourth-order valence-corrected chi connectivity index (χ4v) is 2.42. The van der Waals surface area contributed by atoms with Gasteiger partial charge in [0.2, 0.25) is 5.91 Å². The van der Waals surface area contributed by atoms with Crippen molar-refractivity contribution in [3.63, 3.8) is 0 Å². The lowest BCUT2D eigenvalue weighted by Crippen LogP contribution is -2.41. The van der Waals surface area contributed by atoms with E-state index in [-0.39, 0.29) is 12.5 Å². The van der Waals surface area contributed by atoms with Gasteiger partial charge in [-0.3, -0.25) is 9.59 Å². The SMILES string of the molecule is CCC(C)(CNC(=O)CSc1ccccc1C)C(=O)O. The summed E-state index contributed by atoms with van der Waals surface area (Å²) in [6.07, 6.45) is 0.480. The first kappa shape index (κ1) is 16.6. The van der Waals surface area contributed by atoms with E-state index in [1.807, 2.05) is 38.1 Å². The molecule has 5 heteroatoms. The number of carbonyl (C=O) groups excluding carboxylic acids is 1. The fourth-order valence-electron chi connectivity index (χ4n) is 1.56. The van der Waals surface area contributed by atoms with E-state index in [9.17, 15) is 9.59 Å². The molecule has 0 aliphatic rings. The van der Waals surface area contributed by atoms with Gasteiger partial charge in [-0.2, -0.15) is 0 Å². The van der Waals surface area contributed by atoms with E-state index >= 15 is 0 Å². The molecule has 2 N–H and O–H groups in total. The second-order valence-electron chi connectivity index (χ2n) is 5.05. The fraction of sp³-hybridized carbons (Fsp3) is 0.467. The van der Waals surface area contributed by atoms with E-state index in [1.165, 1.54) is 11.8 Å². The highest BCUT2D eigenvalue weighted by atomic mass is 32.2. The molecule has 1 aromatic rings. The Bertz CT molecular complexity index is 490. The first-order chi connectivity index (χ1) is 9.39. The van der Waals surface area contributed by atoms with E-state index in [4.69, 9.17) is 5.11 Å². The summed E-state index contributed by atoms with van der Waals surface area (Å²) in [7, 11) is 0. The molecule has 0 fully saturated rings. The van der Waals surface area contributed by atoms with Crippen LogP contribution in [0.1, 0.15) is 25.8 Å². The van der Waals surface area contributed by atoms with Crippen LogP contribution >= 0.6 is 11.8 Å². The summed E-state index contributed by atoms with van der Waals surface area (Å²) >= 11 is 1.46. The van der Waals surface area contributed by atoms with Gasteiger partial charge in [-0.1, -0.05) is 25.1 Å². The van der Waals surface area contributed by atoms with Gasteiger partial charge in [-0.25, -0.2) is 0 Å². The Kier molecular flexibility index (Phi) is 6.07. The second kappa shape index (κ2) is 7.33. The number of hydrogen-bond acceptors (Lipinski definition) is 3. The Balaban J connectivity index is 2.45. The molecule has 0 aliphatic carbocycles. The number of rotatable bonds is 7. The van der Waals surface area contributed by atoms with Crippen LogP contribution in [0.3, 0.4) is 0 Å². The highest BCUT2D eigenvalue weighted by Gasteiger charge is 2.31. The third-order valence-electron chi connectivity index (χ3n) is 3.42. The molecule has 20 heavy (non-hydrogen) atoms. The van der Waals surface area contributed by atoms with Gasteiger partial charge in [0.25, 0.3) is 0 Å². The first-order valence-electron chi connectivity index (χ1n) is 6.57. The zero-order valence-electron chi connectivity index (χ0n) is 12.1. The van der Waals surface area contributed by atoms with Gasteiger partial charge in [-0.15, -0.1) is 11.8 Å². The van der Waals surface area contributed by atoms with Gasteiger partial charge < -0.3 is 10.4 Å². The summed E-state index contributed by atoms with van der Waals surface area (Å²) in [4.78, 5) is 24.0. The normalized spacial score (nSPS) is 13.6. The molecular weight excluding hydrogens is 274 g/mol. The average molecular weight is 295 g/mol. The quantitative estimate of drug-likeness (QED) is 0.759. The standard InChI is InChI=1S/C15H21NO3S/c1-4-15(3,14(18)19)10-16-13(17)9-20-12-8-6-5-7-11(12)2/h5-8H,4,9-10H2,1-3H3,(H,16,17)(H,18,19). The van der Waals surface area contributed by atoms with Crippen LogP contribution in [0.4, 0.5) is 0 Å². The molecule has 1 amide bonds. The highest BCUT2D eigenvalue weighted by Crippen LogP contribution is 2.22. The maximum Gasteiger partial charge on any atom is 0.311 e. The predicted octanol–water partition coefficient (Wildman–Crippen LogP) is 2.70. The minimum absolute atomic E-state index is 0.140. The maximum atomic E-state index is 11.8. The number of carbonyl (C=O) groups is 2. The zero-order chi connectivity index (χ0) is 15.2. The maximum absolute atomic E-state index is 11.8. The van der Waals surface area contributed by atoms with Crippen LogP contribution in [0, 0.1) is 12.3 Å². The molecule has 0 aromatic heterocycles. The van der Waals surface area contributed by atoms with E-state index in [2.05, 4.69) is 5.32 Å². The average Bonchev–Trinajstić information content (AvgIpc) is 2.43. The van der Waals surface area contributed by atoms with Gasteiger partial charge in [0.05, 0.1) is 11.2 Å². The molecule has 0 saturated carbocycles. The van der Waals surface area contributed by atoms with Crippen molar-refractivity contribution in [1.82, 2.24) is 5.32 Å². The van der Waals surface area contributed by atoms with Crippen LogP contribution in [0.2, 0.25) is 0 Å². The van der Waals surface area contributed by atoms with Gasteiger partial charge in [0.1, 0.15) is 0 Å². The predicted molar refractivity (Wildman–Crippen MR) is 80.9 cm³/mol. The third-order valence-corrected chi connectivity index (χ3v) is 4.60. The molecule has 110 valence electrons. The zero-order valence-corrected chi connectivity index (χ0v) is 12.9. The van der Waals surface area contributed by atoms with Crippen LogP contribution in [-0.4, -0.2) is 29.3 Å². The Morgan fingerprint density at radius 3 is 2.55 bits per heavy atom. The molecule has 0 saturated heterocycles. The Morgan fingerprint density at radius 2 is 2.00 bits per heavy atom. The van der Waals surface area contributed by atoms with Crippen LogP contribution in [-0.2, 0) is 9.59 Å². The summed E-state index contributed by atoms with van der Waals surface area (Å²) in [5, 5.41) is 11.8. The van der Waals surface area contributed by atoms with Crippen LogP contribution in [0.25, 0.3) is 0 Å². The van der Waals surface area contributed by atoms with E-state index in [1.54, 1.807) is 6.92 Å². The lowest BCUT2D eigenvalue weighted by atomic mass is 9.88. The van der Waals surface area contributed by atoms with Crippen molar-refractivity contribution < 1.29 is 14.7 Å². The van der Waals surface area contributed by atoms with Crippen LogP contribution in [0.15, 0.2) is 29.2 Å². The van der Waals surface area contributed by atoms with Gasteiger partial charge >= 0.3 is 5.97 Å². The number of thioether (sulfide) groups is 1. The lowest BCUT2D eigenvalue weighted by molar-refractivity contribution is -0.148. The number of aryl methyl sites for hydroxylation is 1. The lowest BCUT2D eigenvalue weighted by Gasteiger charge is -2.23. The van der Waals surface area contributed by atoms with E-state index < -0.39 is 11.4 Å². The summed E-state index contributed by atoms with van der Waals surface area (Å²) in [5.74, 6) is -0.726.